The average molecular weight is 325 g/mol. The van der Waals surface area contributed by atoms with Gasteiger partial charge in [-0.25, -0.2) is 0 Å². The van der Waals surface area contributed by atoms with Gasteiger partial charge < -0.3 is 20.1 Å². The third-order valence-corrected chi connectivity index (χ3v) is 5.18. The molecule has 5 heteroatoms. The molecule has 0 amide bonds. The van der Waals surface area contributed by atoms with E-state index in [9.17, 15) is 0 Å². The molecule has 1 saturated carbocycles. The predicted molar refractivity (Wildman–Crippen MR) is 94.9 cm³/mol. The topological polar surface area (TPSA) is 54.9 Å². The highest BCUT2D eigenvalue weighted by Gasteiger charge is 2.20. The standard InChI is InChI=1S/C18H35N3O2/c1-3-15-5-7-16(8-6-15)13-21-18(19-2)20-10-4-11-23-17-9-12-22-14-17/h15-17H,3-14H2,1-2H3,(H2,19,20,21). The van der Waals surface area contributed by atoms with Gasteiger partial charge in [0.15, 0.2) is 5.96 Å². The summed E-state index contributed by atoms with van der Waals surface area (Å²) < 4.78 is 11.1. The van der Waals surface area contributed by atoms with Crippen LogP contribution in [0.1, 0.15) is 51.9 Å². The highest BCUT2D eigenvalue weighted by molar-refractivity contribution is 5.79. The number of nitrogens with zero attached hydrogens (tertiary/aromatic N) is 1. The van der Waals surface area contributed by atoms with Gasteiger partial charge in [-0.15, -0.1) is 0 Å². The first-order valence-corrected chi connectivity index (χ1v) is 9.45. The molecule has 0 aromatic heterocycles. The summed E-state index contributed by atoms with van der Waals surface area (Å²) >= 11 is 0. The van der Waals surface area contributed by atoms with Crippen LogP contribution in [0.15, 0.2) is 4.99 Å². The summed E-state index contributed by atoms with van der Waals surface area (Å²) in [5.74, 6) is 2.70. The molecule has 1 aliphatic heterocycles. The quantitative estimate of drug-likeness (QED) is 0.409. The van der Waals surface area contributed by atoms with Crippen molar-refractivity contribution in [1.82, 2.24) is 10.6 Å². The van der Waals surface area contributed by atoms with Gasteiger partial charge in [0.25, 0.3) is 0 Å². The lowest BCUT2D eigenvalue weighted by Gasteiger charge is -2.28. The van der Waals surface area contributed by atoms with E-state index in [-0.39, 0.29) is 0 Å². The van der Waals surface area contributed by atoms with E-state index in [4.69, 9.17) is 9.47 Å². The molecule has 23 heavy (non-hydrogen) atoms. The van der Waals surface area contributed by atoms with Gasteiger partial charge >= 0.3 is 0 Å². The van der Waals surface area contributed by atoms with Crippen molar-refractivity contribution in [3.05, 3.63) is 0 Å². The minimum Gasteiger partial charge on any atom is -0.379 e. The first kappa shape index (κ1) is 18.5. The Kier molecular flexibility index (Phi) is 8.76. The lowest BCUT2D eigenvalue weighted by Crippen LogP contribution is -2.41. The number of ether oxygens (including phenoxy) is 2. The first-order valence-electron chi connectivity index (χ1n) is 9.45. The Morgan fingerprint density at radius 1 is 1.13 bits per heavy atom. The van der Waals surface area contributed by atoms with E-state index >= 15 is 0 Å². The maximum absolute atomic E-state index is 5.77. The van der Waals surface area contributed by atoms with Crippen molar-refractivity contribution >= 4 is 5.96 Å². The number of aliphatic imine (C=N–C) groups is 1. The highest BCUT2D eigenvalue weighted by atomic mass is 16.5. The van der Waals surface area contributed by atoms with Crippen LogP contribution in [-0.4, -0.2) is 52.0 Å². The Morgan fingerprint density at radius 2 is 1.91 bits per heavy atom. The van der Waals surface area contributed by atoms with Gasteiger partial charge in [-0.05, 0) is 37.5 Å². The van der Waals surface area contributed by atoms with Crippen LogP contribution < -0.4 is 10.6 Å². The summed E-state index contributed by atoms with van der Waals surface area (Å²) in [6.45, 7) is 6.66. The SMILES string of the molecule is CCC1CCC(CNC(=NC)NCCCOC2CCOC2)CC1. The van der Waals surface area contributed by atoms with Gasteiger partial charge in [0.05, 0.1) is 12.7 Å². The minimum atomic E-state index is 0.311. The van der Waals surface area contributed by atoms with Gasteiger partial charge in [0, 0.05) is 33.4 Å². The summed E-state index contributed by atoms with van der Waals surface area (Å²) in [7, 11) is 1.84. The third-order valence-electron chi connectivity index (χ3n) is 5.18. The summed E-state index contributed by atoms with van der Waals surface area (Å²) in [4.78, 5) is 4.31. The van der Waals surface area contributed by atoms with E-state index in [1.165, 1.54) is 32.1 Å². The molecule has 2 aliphatic rings. The number of nitrogens with one attached hydrogen (secondary N) is 2. The molecular weight excluding hydrogens is 290 g/mol. The van der Waals surface area contributed by atoms with E-state index < -0.39 is 0 Å². The molecule has 1 aliphatic carbocycles. The molecule has 1 atom stereocenters. The fraction of sp³-hybridized carbons (Fsp3) is 0.944. The molecule has 2 N–H and O–H groups in total. The number of hydrogen-bond acceptors (Lipinski definition) is 3. The van der Waals surface area contributed by atoms with Crippen molar-refractivity contribution in [2.45, 2.75) is 58.0 Å². The summed E-state index contributed by atoms with van der Waals surface area (Å²) in [5, 5.41) is 6.86. The van der Waals surface area contributed by atoms with Crippen LogP contribution in [0.3, 0.4) is 0 Å². The van der Waals surface area contributed by atoms with E-state index in [2.05, 4.69) is 22.5 Å². The molecule has 0 radical (unpaired) electrons. The van der Waals surface area contributed by atoms with Crippen molar-refractivity contribution in [3.63, 3.8) is 0 Å². The second-order valence-electron chi connectivity index (χ2n) is 6.88. The zero-order chi connectivity index (χ0) is 16.3. The number of guanidine groups is 1. The third kappa shape index (κ3) is 7.08. The molecule has 2 rings (SSSR count). The van der Waals surface area contributed by atoms with Crippen molar-refractivity contribution in [1.29, 1.82) is 0 Å². The molecule has 0 aromatic carbocycles. The van der Waals surface area contributed by atoms with E-state index in [1.54, 1.807) is 0 Å². The molecule has 5 nitrogen and oxygen atoms in total. The predicted octanol–water partition coefficient (Wildman–Crippen LogP) is 2.56. The monoisotopic (exact) mass is 325 g/mol. The van der Waals surface area contributed by atoms with Gasteiger partial charge in [0.1, 0.15) is 0 Å². The second kappa shape index (κ2) is 10.9. The van der Waals surface area contributed by atoms with Crippen LogP contribution in [-0.2, 0) is 9.47 Å². The van der Waals surface area contributed by atoms with E-state index in [1.807, 2.05) is 7.05 Å². The van der Waals surface area contributed by atoms with Crippen LogP contribution in [0, 0.1) is 11.8 Å². The van der Waals surface area contributed by atoms with Crippen molar-refractivity contribution in [3.8, 4) is 0 Å². The lowest BCUT2D eigenvalue weighted by molar-refractivity contribution is 0.0420. The zero-order valence-corrected chi connectivity index (χ0v) is 15.0. The molecular formula is C18H35N3O2. The van der Waals surface area contributed by atoms with Crippen LogP contribution in [0.4, 0.5) is 0 Å². The summed E-state index contributed by atoms with van der Waals surface area (Å²) in [5.41, 5.74) is 0. The van der Waals surface area contributed by atoms with Crippen LogP contribution in [0.2, 0.25) is 0 Å². The molecule has 0 aromatic rings. The summed E-state index contributed by atoms with van der Waals surface area (Å²) in [6, 6.07) is 0. The summed E-state index contributed by atoms with van der Waals surface area (Å²) in [6.07, 6.45) is 9.22. The minimum absolute atomic E-state index is 0.311. The molecule has 2 fully saturated rings. The smallest absolute Gasteiger partial charge is 0.190 e. The largest absolute Gasteiger partial charge is 0.379 e. The van der Waals surface area contributed by atoms with Gasteiger partial charge in [0.2, 0.25) is 0 Å². The highest BCUT2D eigenvalue weighted by Crippen LogP contribution is 2.29. The number of hydrogen-bond donors (Lipinski definition) is 2. The maximum atomic E-state index is 5.77. The van der Waals surface area contributed by atoms with E-state index in [0.717, 1.165) is 63.5 Å². The number of rotatable bonds is 8. The molecule has 1 unspecified atom stereocenters. The van der Waals surface area contributed by atoms with Crippen LogP contribution in [0.25, 0.3) is 0 Å². The van der Waals surface area contributed by atoms with Gasteiger partial charge in [-0.1, -0.05) is 26.2 Å². The van der Waals surface area contributed by atoms with Crippen molar-refractivity contribution in [2.75, 3.05) is 40.0 Å². The molecule has 1 saturated heterocycles. The second-order valence-corrected chi connectivity index (χ2v) is 6.88. The normalized spacial score (nSPS) is 28.8. The Hall–Kier alpha value is -0.810. The van der Waals surface area contributed by atoms with Crippen molar-refractivity contribution in [2.24, 2.45) is 16.8 Å². The van der Waals surface area contributed by atoms with Gasteiger partial charge in [-0.2, -0.15) is 0 Å². The molecule has 1 heterocycles. The Labute approximate surface area is 141 Å². The maximum Gasteiger partial charge on any atom is 0.190 e. The fourth-order valence-corrected chi connectivity index (χ4v) is 3.48. The molecule has 0 spiro atoms. The molecule has 0 bridgehead atoms. The van der Waals surface area contributed by atoms with Crippen LogP contribution in [0.5, 0.6) is 0 Å². The fourth-order valence-electron chi connectivity index (χ4n) is 3.48. The molecule has 134 valence electrons. The Balaban J connectivity index is 1.49. The Bertz CT molecular complexity index is 335. The van der Waals surface area contributed by atoms with Crippen molar-refractivity contribution < 1.29 is 9.47 Å². The van der Waals surface area contributed by atoms with Gasteiger partial charge in [-0.3, -0.25) is 4.99 Å². The first-order chi connectivity index (χ1) is 11.3. The van der Waals surface area contributed by atoms with E-state index in [0.29, 0.717) is 6.10 Å². The Morgan fingerprint density at radius 3 is 2.57 bits per heavy atom. The van der Waals surface area contributed by atoms with Crippen LogP contribution >= 0.6 is 0 Å². The zero-order valence-electron chi connectivity index (χ0n) is 15.0. The lowest BCUT2D eigenvalue weighted by atomic mass is 9.81. The average Bonchev–Trinajstić information content (AvgIpc) is 3.11.